The predicted molar refractivity (Wildman–Crippen MR) is 119 cm³/mol. The fourth-order valence-corrected chi connectivity index (χ4v) is 3.55. The molecule has 0 unspecified atom stereocenters. The molecule has 0 atom stereocenters. The van der Waals surface area contributed by atoms with Gasteiger partial charge >= 0.3 is 6.09 Å². The number of ether oxygens (including phenoxy) is 2. The summed E-state index contributed by atoms with van der Waals surface area (Å²) in [6, 6.07) is 15.1. The highest BCUT2D eigenvalue weighted by Gasteiger charge is 2.22. The number of piperazine rings is 1. The minimum atomic E-state index is -0.304. The van der Waals surface area contributed by atoms with E-state index in [1.165, 1.54) is 0 Å². The number of benzene rings is 1. The van der Waals surface area contributed by atoms with Crippen molar-refractivity contribution in [3.63, 3.8) is 0 Å². The van der Waals surface area contributed by atoms with Crippen LogP contribution in [0.15, 0.2) is 59.3 Å². The van der Waals surface area contributed by atoms with Gasteiger partial charge < -0.3 is 18.9 Å². The van der Waals surface area contributed by atoms with Gasteiger partial charge in [-0.15, -0.1) is 0 Å². The quantitative estimate of drug-likeness (QED) is 0.536. The lowest BCUT2D eigenvalue weighted by Gasteiger charge is -2.33. The number of pyridine rings is 1. The van der Waals surface area contributed by atoms with Gasteiger partial charge in [0.1, 0.15) is 11.5 Å². The highest BCUT2D eigenvalue weighted by Crippen LogP contribution is 2.15. The highest BCUT2D eigenvalue weighted by molar-refractivity contribution is 5.70. The van der Waals surface area contributed by atoms with Gasteiger partial charge in [-0.1, -0.05) is 23.4 Å². The van der Waals surface area contributed by atoms with Gasteiger partial charge in [0.15, 0.2) is 0 Å². The number of nitrogens with zero attached hydrogens (tertiary/aromatic N) is 4. The maximum Gasteiger partial charge on any atom is 0.415 e. The van der Waals surface area contributed by atoms with Gasteiger partial charge in [-0.05, 0) is 30.7 Å². The molecule has 8 nitrogen and oxygen atoms in total. The molecule has 1 aliphatic heterocycles. The van der Waals surface area contributed by atoms with Crippen molar-refractivity contribution in [2.45, 2.75) is 19.8 Å². The van der Waals surface area contributed by atoms with E-state index in [1.54, 1.807) is 11.1 Å². The molecule has 1 aliphatic rings. The first-order valence-corrected chi connectivity index (χ1v) is 10.9. The Morgan fingerprint density at radius 2 is 1.88 bits per heavy atom. The number of rotatable bonds is 8. The molecule has 0 N–H and O–H groups in total. The van der Waals surface area contributed by atoms with Crippen molar-refractivity contribution in [3.8, 4) is 11.6 Å². The summed E-state index contributed by atoms with van der Waals surface area (Å²) in [5, 5.41) is 3.92. The molecular weight excluding hydrogens is 408 g/mol. The van der Waals surface area contributed by atoms with Crippen LogP contribution in [-0.2, 0) is 12.8 Å². The van der Waals surface area contributed by atoms with E-state index in [2.05, 4.69) is 15.0 Å². The van der Waals surface area contributed by atoms with E-state index < -0.39 is 0 Å². The summed E-state index contributed by atoms with van der Waals surface area (Å²) < 4.78 is 16.4. The van der Waals surface area contributed by atoms with Crippen LogP contribution in [0.4, 0.5) is 4.79 Å². The van der Waals surface area contributed by atoms with Crippen molar-refractivity contribution in [2.75, 3.05) is 39.3 Å². The smallest absolute Gasteiger partial charge is 0.415 e. The van der Waals surface area contributed by atoms with Gasteiger partial charge in [0.25, 0.3) is 0 Å². The molecule has 2 aromatic heterocycles. The standard InChI is InChI=1S/C24H28N4O4/c1-19-18-22(32-26-19)9-12-27-13-15-28(16-14-27)24(29)31-21-7-5-20(6-8-21)10-17-30-23-4-2-3-11-25-23/h2-8,11,18H,9-10,12-17H2,1H3. The van der Waals surface area contributed by atoms with Crippen LogP contribution in [0.3, 0.4) is 0 Å². The third-order valence-corrected chi connectivity index (χ3v) is 5.39. The number of aryl methyl sites for hydroxylation is 1. The molecule has 1 amide bonds. The first-order valence-electron chi connectivity index (χ1n) is 10.9. The van der Waals surface area contributed by atoms with Gasteiger partial charge in [-0.3, -0.25) is 4.90 Å². The molecule has 168 valence electrons. The van der Waals surface area contributed by atoms with Crippen LogP contribution in [0.5, 0.6) is 11.6 Å². The van der Waals surface area contributed by atoms with Crippen LogP contribution in [0, 0.1) is 6.92 Å². The molecule has 8 heteroatoms. The molecule has 1 saturated heterocycles. The fourth-order valence-electron chi connectivity index (χ4n) is 3.55. The predicted octanol–water partition coefficient (Wildman–Crippen LogP) is 3.36. The zero-order valence-electron chi connectivity index (χ0n) is 18.3. The Bertz CT molecular complexity index is 983. The van der Waals surface area contributed by atoms with Crippen LogP contribution >= 0.6 is 0 Å². The van der Waals surface area contributed by atoms with Crippen LogP contribution in [0.2, 0.25) is 0 Å². The molecule has 0 radical (unpaired) electrons. The fraction of sp³-hybridized carbons (Fsp3) is 0.375. The molecule has 0 aliphatic carbocycles. The number of aromatic nitrogens is 2. The second-order valence-electron chi connectivity index (χ2n) is 7.79. The Kier molecular flexibility index (Phi) is 7.34. The van der Waals surface area contributed by atoms with E-state index in [9.17, 15) is 4.79 Å². The average Bonchev–Trinajstić information content (AvgIpc) is 3.25. The zero-order chi connectivity index (χ0) is 22.2. The van der Waals surface area contributed by atoms with Crippen molar-refractivity contribution >= 4 is 6.09 Å². The van der Waals surface area contributed by atoms with E-state index in [0.717, 1.165) is 49.5 Å². The van der Waals surface area contributed by atoms with E-state index in [-0.39, 0.29) is 6.09 Å². The maximum atomic E-state index is 12.5. The zero-order valence-corrected chi connectivity index (χ0v) is 18.3. The van der Waals surface area contributed by atoms with Gasteiger partial charge in [0.2, 0.25) is 5.88 Å². The molecule has 1 aromatic carbocycles. The number of amides is 1. The van der Waals surface area contributed by atoms with Crippen LogP contribution < -0.4 is 9.47 Å². The lowest BCUT2D eigenvalue weighted by Crippen LogP contribution is -2.49. The minimum Gasteiger partial charge on any atom is -0.477 e. The summed E-state index contributed by atoms with van der Waals surface area (Å²) in [7, 11) is 0. The molecule has 0 spiro atoms. The van der Waals surface area contributed by atoms with Crippen LogP contribution in [-0.4, -0.2) is 65.4 Å². The third-order valence-electron chi connectivity index (χ3n) is 5.39. The molecule has 4 rings (SSSR count). The molecule has 3 heterocycles. The van der Waals surface area contributed by atoms with Gasteiger partial charge in [-0.2, -0.15) is 0 Å². The summed E-state index contributed by atoms with van der Waals surface area (Å²) >= 11 is 0. The Balaban J connectivity index is 1.16. The SMILES string of the molecule is Cc1cc(CCN2CCN(C(=O)Oc3ccc(CCOc4ccccn4)cc3)CC2)on1. The molecule has 3 aromatic rings. The summed E-state index contributed by atoms with van der Waals surface area (Å²) in [4.78, 5) is 20.7. The summed E-state index contributed by atoms with van der Waals surface area (Å²) in [5.41, 5.74) is 2.01. The number of carbonyl (C=O) groups excluding carboxylic acids is 1. The average molecular weight is 437 g/mol. The van der Waals surface area contributed by atoms with Gasteiger partial charge in [0.05, 0.1) is 12.3 Å². The van der Waals surface area contributed by atoms with Gasteiger partial charge in [0, 0.05) is 63.9 Å². The molecule has 0 saturated carbocycles. The minimum absolute atomic E-state index is 0.304. The first kappa shape index (κ1) is 21.8. The van der Waals surface area contributed by atoms with E-state index in [0.29, 0.717) is 31.3 Å². The van der Waals surface area contributed by atoms with Crippen molar-refractivity contribution in [1.29, 1.82) is 0 Å². The van der Waals surface area contributed by atoms with E-state index >= 15 is 0 Å². The summed E-state index contributed by atoms with van der Waals surface area (Å²) in [6.07, 6.45) is 2.98. The van der Waals surface area contributed by atoms with Gasteiger partial charge in [-0.25, -0.2) is 9.78 Å². The lowest BCUT2D eigenvalue weighted by atomic mass is 10.1. The second-order valence-corrected chi connectivity index (χ2v) is 7.79. The second kappa shape index (κ2) is 10.8. The van der Waals surface area contributed by atoms with Crippen molar-refractivity contribution in [1.82, 2.24) is 19.9 Å². The van der Waals surface area contributed by atoms with Crippen molar-refractivity contribution < 1.29 is 18.8 Å². The topological polar surface area (TPSA) is 80.9 Å². The van der Waals surface area contributed by atoms with E-state index in [1.807, 2.05) is 55.5 Å². The Labute approximate surface area is 187 Å². The molecule has 1 fully saturated rings. The van der Waals surface area contributed by atoms with Crippen molar-refractivity contribution in [3.05, 3.63) is 71.7 Å². The maximum absolute atomic E-state index is 12.5. The van der Waals surface area contributed by atoms with Crippen LogP contribution in [0.1, 0.15) is 17.0 Å². The molecule has 32 heavy (non-hydrogen) atoms. The van der Waals surface area contributed by atoms with Crippen molar-refractivity contribution in [2.24, 2.45) is 0 Å². The highest BCUT2D eigenvalue weighted by atomic mass is 16.6. The number of hydrogen-bond acceptors (Lipinski definition) is 7. The molecular formula is C24H28N4O4. The monoisotopic (exact) mass is 436 g/mol. The van der Waals surface area contributed by atoms with E-state index in [4.69, 9.17) is 14.0 Å². The number of carbonyl (C=O) groups is 1. The largest absolute Gasteiger partial charge is 0.477 e. The normalized spacial score (nSPS) is 14.3. The van der Waals surface area contributed by atoms with Crippen LogP contribution in [0.25, 0.3) is 0 Å². The summed E-state index contributed by atoms with van der Waals surface area (Å²) in [6.45, 7) is 6.28. The molecule has 0 bridgehead atoms. The number of hydrogen-bond donors (Lipinski definition) is 0. The first-order chi connectivity index (χ1) is 15.7. The summed E-state index contributed by atoms with van der Waals surface area (Å²) in [5.74, 6) is 2.06. The third kappa shape index (κ3) is 6.31. The Morgan fingerprint density at radius 3 is 2.56 bits per heavy atom. The Morgan fingerprint density at radius 1 is 1.06 bits per heavy atom. The Hall–Kier alpha value is -3.39. The lowest BCUT2D eigenvalue weighted by molar-refractivity contribution is 0.110.